The van der Waals surface area contributed by atoms with Crippen molar-refractivity contribution in [2.45, 2.75) is 25.6 Å². The first kappa shape index (κ1) is 5.98. The molecule has 3 heteroatoms. The molecule has 0 bridgehead atoms. The van der Waals surface area contributed by atoms with E-state index in [2.05, 4.69) is 4.94 Å². The highest BCUT2D eigenvalue weighted by atomic mass is 19.3. The van der Waals surface area contributed by atoms with Crippen molar-refractivity contribution >= 4 is 0 Å². The molecular formula is C5H9FO2. The molecule has 1 atom stereocenters. The summed E-state index contributed by atoms with van der Waals surface area (Å²) in [5.41, 5.74) is 0. The molecule has 8 heavy (non-hydrogen) atoms. The van der Waals surface area contributed by atoms with Gasteiger partial charge in [-0.05, 0) is 17.4 Å². The number of rotatable bonds is 1. The van der Waals surface area contributed by atoms with Gasteiger partial charge in [0.1, 0.15) is 0 Å². The van der Waals surface area contributed by atoms with Crippen molar-refractivity contribution in [3.05, 3.63) is 0 Å². The molecule has 0 aliphatic carbocycles. The molecule has 1 fully saturated rings. The highest BCUT2D eigenvalue weighted by Gasteiger charge is 2.13. The second kappa shape index (κ2) is 2.99. The van der Waals surface area contributed by atoms with Gasteiger partial charge in [0.2, 0.25) is 0 Å². The van der Waals surface area contributed by atoms with Crippen molar-refractivity contribution in [2.24, 2.45) is 0 Å². The summed E-state index contributed by atoms with van der Waals surface area (Å²) in [6.07, 6.45) is 2.15. The maximum Gasteiger partial charge on any atom is 0.196 e. The van der Waals surface area contributed by atoms with Crippen LogP contribution >= 0.6 is 0 Å². The normalized spacial score (nSPS) is 30.4. The molecule has 1 heterocycles. The van der Waals surface area contributed by atoms with E-state index in [1.165, 1.54) is 0 Å². The molecule has 1 unspecified atom stereocenters. The topological polar surface area (TPSA) is 18.5 Å². The lowest BCUT2D eigenvalue weighted by atomic mass is 10.2. The Morgan fingerprint density at radius 2 is 2.38 bits per heavy atom. The second-order valence-electron chi connectivity index (χ2n) is 1.89. The third-order valence-corrected chi connectivity index (χ3v) is 1.24. The Labute approximate surface area is 47.5 Å². The Balaban J connectivity index is 2.13. The molecule has 0 N–H and O–H groups in total. The molecule has 0 spiro atoms. The molecule has 0 aromatic rings. The van der Waals surface area contributed by atoms with E-state index in [9.17, 15) is 4.53 Å². The predicted octanol–water partition coefficient (Wildman–Crippen LogP) is 1.41. The van der Waals surface area contributed by atoms with Gasteiger partial charge < -0.3 is 4.74 Å². The average molecular weight is 120 g/mol. The van der Waals surface area contributed by atoms with E-state index in [0.717, 1.165) is 12.8 Å². The SMILES string of the molecule is FOC1CCCCO1. The highest BCUT2D eigenvalue weighted by molar-refractivity contribution is 4.51. The third-order valence-electron chi connectivity index (χ3n) is 1.24. The first-order valence-corrected chi connectivity index (χ1v) is 2.82. The van der Waals surface area contributed by atoms with Crippen LogP contribution in [0.15, 0.2) is 0 Å². The summed E-state index contributed by atoms with van der Waals surface area (Å²) < 4.78 is 16.1. The van der Waals surface area contributed by atoms with Crippen LogP contribution in [0.25, 0.3) is 0 Å². The minimum atomic E-state index is -0.580. The van der Waals surface area contributed by atoms with Crippen molar-refractivity contribution in [3.8, 4) is 0 Å². The zero-order valence-electron chi connectivity index (χ0n) is 4.60. The largest absolute Gasteiger partial charge is 0.349 e. The second-order valence-corrected chi connectivity index (χ2v) is 1.89. The maximum absolute atomic E-state index is 11.3. The molecule has 1 aliphatic heterocycles. The highest BCUT2D eigenvalue weighted by Crippen LogP contribution is 2.13. The fraction of sp³-hybridized carbons (Fsp3) is 1.00. The first-order valence-electron chi connectivity index (χ1n) is 2.82. The van der Waals surface area contributed by atoms with Crippen LogP contribution in [0.5, 0.6) is 0 Å². The smallest absolute Gasteiger partial charge is 0.196 e. The molecule has 0 amide bonds. The number of hydrogen-bond acceptors (Lipinski definition) is 2. The van der Waals surface area contributed by atoms with Gasteiger partial charge in [0.15, 0.2) is 6.29 Å². The molecule has 0 aromatic heterocycles. The van der Waals surface area contributed by atoms with Crippen molar-refractivity contribution in [3.63, 3.8) is 0 Å². The van der Waals surface area contributed by atoms with E-state index in [0.29, 0.717) is 13.0 Å². The predicted molar refractivity (Wildman–Crippen MR) is 25.8 cm³/mol. The van der Waals surface area contributed by atoms with E-state index >= 15 is 0 Å². The summed E-state index contributed by atoms with van der Waals surface area (Å²) in [6, 6.07) is 0. The average Bonchev–Trinajstić information content (AvgIpc) is 1.90. The Morgan fingerprint density at radius 1 is 1.50 bits per heavy atom. The molecule has 1 aliphatic rings. The van der Waals surface area contributed by atoms with Gasteiger partial charge >= 0.3 is 0 Å². The lowest BCUT2D eigenvalue weighted by molar-refractivity contribution is -0.284. The summed E-state index contributed by atoms with van der Waals surface area (Å²) in [4.78, 5) is 3.47. The van der Waals surface area contributed by atoms with Gasteiger partial charge in [-0.15, -0.1) is 0 Å². The van der Waals surface area contributed by atoms with Crippen molar-refractivity contribution in [2.75, 3.05) is 6.61 Å². The summed E-state index contributed by atoms with van der Waals surface area (Å²) >= 11 is 0. The molecule has 1 saturated heterocycles. The van der Waals surface area contributed by atoms with Gasteiger partial charge in [0, 0.05) is 13.0 Å². The minimum Gasteiger partial charge on any atom is -0.349 e. The fourth-order valence-corrected chi connectivity index (χ4v) is 0.781. The zero-order chi connectivity index (χ0) is 5.82. The number of hydrogen-bond donors (Lipinski definition) is 0. The van der Waals surface area contributed by atoms with Crippen LogP contribution in [0.2, 0.25) is 0 Å². The van der Waals surface area contributed by atoms with Crippen LogP contribution in [-0.4, -0.2) is 12.9 Å². The molecule has 0 radical (unpaired) electrons. The quantitative estimate of drug-likeness (QED) is 0.521. The Morgan fingerprint density at radius 3 is 2.75 bits per heavy atom. The van der Waals surface area contributed by atoms with E-state index in [-0.39, 0.29) is 0 Å². The van der Waals surface area contributed by atoms with E-state index in [4.69, 9.17) is 4.74 Å². The van der Waals surface area contributed by atoms with Gasteiger partial charge in [-0.3, -0.25) is 0 Å². The first-order chi connectivity index (χ1) is 3.93. The van der Waals surface area contributed by atoms with Gasteiger partial charge in [0.25, 0.3) is 0 Å². The van der Waals surface area contributed by atoms with E-state index in [1.54, 1.807) is 0 Å². The van der Waals surface area contributed by atoms with Crippen molar-refractivity contribution in [1.82, 2.24) is 0 Å². The van der Waals surface area contributed by atoms with Crippen molar-refractivity contribution < 1.29 is 14.2 Å². The lowest BCUT2D eigenvalue weighted by Crippen LogP contribution is -2.18. The van der Waals surface area contributed by atoms with Crippen molar-refractivity contribution in [1.29, 1.82) is 0 Å². The van der Waals surface area contributed by atoms with Crippen LogP contribution in [0.3, 0.4) is 0 Å². The fourth-order valence-electron chi connectivity index (χ4n) is 0.781. The molecular weight excluding hydrogens is 111 g/mol. The summed E-state index contributed by atoms with van der Waals surface area (Å²) in [5, 5.41) is 0. The standard InChI is InChI=1S/C5H9FO2/c6-8-5-3-1-2-4-7-5/h5H,1-4H2. The Kier molecular flexibility index (Phi) is 2.24. The van der Waals surface area contributed by atoms with E-state index < -0.39 is 6.29 Å². The maximum atomic E-state index is 11.3. The Bertz CT molecular complexity index is 61.4. The molecule has 48 valence electrons. The Hall–Kier alpha value is -0.150. The molecule has 1 rings (SSSR count). The van der Waals surface area contributed by atoms with Gasteiger partial charge in [0.05, 0.1) is 0 Å². The van der Waals surface area contributed by atoms with Gasteiger partial charge in [-0.25, -0.2) is 0 Å². The minimum absolute atomic E-state index is 0.580. The summed E-state index contributed by atoms with van der Waals surface area (Å²) in [7, 11) is 0. The van der Waals surface area contributed by atoms with Crippen LogP contribution in [0.1, 0.15) is 19.3 Å². The molecule has 2 nitrogen and oxygen atoms in total. The molecule has 0 aromatic carbocycles. The van der Waals surface area contributed by atoms with Crippen LogP contribution in [-0.2, 0) is 9.68 Å². The monoisotopic (exact) mass is 120 g/mol. The van der Waals surface area contributed by atoms with E-state index in [1.807, 2.05) is 0 Å². The summed E-state index contributed by atoms with van der Waals surface area (Å²) in [5.74, 6) is 0. The summed E-state index contributed by atoms with van der Waals surface area (Å²) in [6.45, 7) is 0.634. The van der Waals surface area contributed by atoms with Crippen LogP contribution < -0.4 is 0 Å². The lowest BCUT2D eigenvalue weighted by Gasteiger charge is -2.17. The molecule has 0 saturated carbocycles. The third kappa shape index (κ3) is 1.42. The van der Waals surface area contributed by atoms with Crippen LogP contribution in [0.4, 0.5) is 4.53 Å². The van der Waals surface area contributed by atoms with Crippen LogP contribution in [0, 0.1) is 0 Å². The zero-order valence-corrected chi connectivity index (χ0v) is 4.60. The van der Waals surface area contributed by atoms with Gasteiger partial charge in [-0.1, -0.05) is 0 Å². The number of ether oxygens (including phenoxy) is 1. The van der Waals surface area contributed by atoms with Gasteiger partial charge in [-0.2, -0.15) is 4.94 Å². The number of halogens is 1.